The predicted molar refractivity (Wildman–Crippen MR) is 83.9 cm³/mol. The lowest BCUT2D eigenvalue weighted by Crippen LogP contribution is -2.21. The van der Waals surface area contributed by atoms with E-state index in [4.69, 9.17) is 5.73 Å². The van der Waals surface area contributed by atoms with E-state index in [1.165, 1.54) is 0 Å². The molecule has 2 aromatic rings. The molecule has 0 saturated carbocycles. The van der Waals surface area contributed by atoms with Crippen molar-refractivity contribution in [1.82, 2.24) is 9.78 Å². The molecular weight excluding hydrogens is 264 g/mol. The van der Waals surface area contributed by atoms with Gasteiger partial charge >= 0.3 is 0 Å². The maximum Gasteiger partial charge on any atom is 0.227 e. The molecule has 1 unspecified atom stereocenters. The number of nitrogens with two attached hydrogens (primary N) is 1. The quantitative estimate of drug-likeness (QED) is 0.820. The topological polar surface area (TPSA) is 72.9 Å². The average molecular weight is 286 g/mol. The zero-order valence-corrected chi connectivity index (χ0v) is 12.3. The Hall–Kier alpha value is -2.14. The molecule has 0 radical (unpaired) electrons. The summed E-state index contributed by atoms with van der Waals surface area (Å²) in [5.41, 5.74) is 7.40. The highest BCUT2D eigenvalue weighted by Crippen LogP contribution is 2.14. The lowest BCUT2D eigenvalue weighted by molar-refractivity contribution is -0.119. The molecule has 0 fully saturated rings. The van der Waals surface area contributed by atoms with Crippen LogP contribution in [0.1, 0.15) is 25.3 Å². The highest BCUT2D eigenvalue weighted by atomic mass is 16.1. The summed E-state index contributed by atoms with van der Waals surface area (Å²) in [4.78, 5) is 12.1. The van der Waals surface area contributed by atoms with Crippen LogP contribution in [0.4, 0.5) is 5.69 Å². The number of hydrogen-bond acceptors (Lipinski definition) is 3. The highest BCUT2D eigenvalue weighted by Gasteiger charge is 2.12. The van der Waals surface area contributed by atoms with Crippen molar-refractivity contribution in [2.24, 2.45) is 11.7 Å². The first kappa shape index (κ1) is 15.3. The molecule has 0 spiro atoms. The Morgan fingerprint density at radius 2 is 2.29 bits per heavy atom. The van der Waals surface area contributed by atoms with Crippen molar-refractivity contribution in [3.05, 3.63) is 48.3 Å². The third kappa shape index (κ3) is 4.72. The van der Waals surface area contributed by atoms with Crippen molar-refractivity contribution in [1.29, 1.82) is 0 Å². The summed E-state index contributed by atoms with van der Waals surface area (Å²) in [5.74, 6) is 0.0167. The fourth-order valence-electron chi connectivity index (χ4n) is 2.15. The van der Waals surface area contributed by atoms with Crippen molar-refractivity contribution < 1.29 is 4.79 Å². The van der Waals surface area contributed by atoms with Crippen LogP contribution in [0.5, 0.6) is 0 Å². The van der Waals surface area contributed by atoms with Gasteiger partial charge in [0.05, 0.1) is 6.54 Å². The molecule has 0 aliphatic heterocycles. The SMILES string of the molecule is CC(CCCN)C(=O)Nc1cccc(Cn2cccn2)c1. The Morgan fingerprint density at radius 3 is 3.00 bits per heavy atom. The number of carbonyl (C=O) groups is 1. The first-order valence-corrected chi connectivity index (χ1v) is 7.26. The molecule has 5 heteroatoms. The Kier molecular flexibility index (Phi) is 5.51. The van der Waals surface area contributed by atoms with E-state index in [-0.39, 0.29) is 11.8 Å². The molecule has 0 bridgehead atoms. The molecule has 1 aromatic heterocycles. The molecule has 0 aliphatic rings. The van der Waals surface area contributed by atoms with Crippen LogP contribution in [0.15, 0.2) is 42.7 Å². The van der Waals surface area contributed by atoms with Crippen molar-refractivity contribution >= 4 is 11.6 Å². The Labute approximate surface area is 125 Å². The summed E-state index contributed by atoms with van der Waals surface area (Å²) in [6, 6.07) is 9.74. The standard InChI is InChI=1S/C16H22N4O/c1-13(5-3-8-17)16(21)19-15-7-2-6-14(11-15)12-20-10-4-9-18-20/h2,4,6-7,9-11,13H,3,5,8,12,17H2,1H3,(H,19,21). The van der Waals surface area contributed by atoms with Crippen molar-refractivity contribution in [2.45, 2.75) is 26.3 Å². The second-order valence-electron chi connectivity index (χ2n) is 5.23. The predicted octanol–water partition coefficient (Wildman–Crippen LogP) is 2.24. The Morgan fingerprint density at radius 1 is 1.43 bits per heavy atom. The molecule has 1 aromatic carbocycles. The van der Waals surface area contributed by atoms with Gasteiger partial charge in [-0.3, -0.25) is 9.48 Å². The number of nitrogens with zero attached hydrogens (tertiary/aromatic N) is 2. The molecule has 112 valence electrons. The van der Waals surface area contributed by atoms with Crippen molar-refractivity contribution in [2.75, 3.05) is 11.9 Å². The van der Waals surface area contributed by atoms with E-state index in [0.29, 0.717) is 13.1 Å². The normalized spacial score (nSPS) is 12.1. The van der Waals surface area contributed by atoms with E-state index >= 15 is 0 Å². The summed E-state index contributed by atoms with van der Waals surface area (Å²) in [6.45, 7) is 3.25. The summed E-state index contributed by atoms with van der Waals surface area (Å²) >= 11 is 0. The fourth-order valence-corrected chi connectivity index (χ4v) is 2.15. The second-order valence-corrected chi connectivity index (χ2v) is 5.23. The number of nitrogens with one attached hydrogen (secondary N) is 1. The van der Waals surface area contributed by atoms with Gasteiger partial charge in [0, 0.05) is 24.0 Å². The number of hydrogen-bond donors (Lipinski definition) is 2. The van der Waals surface area contributed by atoms with Crippen LogP contribution in [0.3, 0.4) is 0 Å². The van der Waals surface area contributed by atoms with Gasteiger partial charge in [-0.1, -0.05) is 19.1 Å². The van der Waals surface area contributed by atoms with Gasteiger partial charge in [-0.05, 0) is 43.1 Å². The summed E-state index contributed by atoms with van der Waals surface area (Å²) in [6.07, 6.45) is 5.36. The maximum atomic E-state index is 12.1. The minimum absolute atomic E-state index is 0.0247. The summed E-state index contributed by atoms with van der Waals surface area (Å²) in [7, 11) is 0. The number of benzene rings is 1. The van der Waals surface area contributed by atoms with Crippen LogP contribution >= 0.6 is 0 Å². The molecule has 5 nitrogen and oxygen atoms in total. The number of aromatic nitrogens is 2. The number of rotatable bonds is 7. The van der Waals surface area contributed by atoms with Crippen LogP contribution in [0.25, 0.3) is 0 Å². The maximum absolute atomic E-state index is 12.1. The monoisotopic (exact) mass is 286 g/mol. The zero-order chi connectivity index (χ0) is 15.1. The van der Waals surface area contributed by atoms with E-state index in [1.807, 2.05) is 48.1 Å². The molecule has 1 amide bonds. The minimum Gasteiger partial charge on any atom is -0.330 e. The van der Waals surface area contributed by atoms with Gasteiger partial charge in [-0.2, -0.15) is 5.10 Å². The van der Waals surface area contributed by atoms with Gasteiger partial charge in [-0.25, -0.2) is 0 Å². The largest absolute Gasteiger partial charge is 0.330 e. The third-order valence-corrected chi connectivity index (χ3v) is 3.39. The summed E-state index contributed by atoms with van der Waals surface area (Å²) in [5, 5.41) is 7.14. The van der Waals surface area contributed by atoms with E-state index in [9.17, 15) is 4.79 Å². The smallest absolute Gasteiger partial charge is 0.227 e. The first-order chi connectivity index (χ1) is 10.2. The van der Waals surface area contributed by atoms with Gasteiger partial charge in [0.15, 0.2) is 0 Å². The van der Waals surface area contributed by atoms with Crippen LogP contribution in [0, 0.1) is 5.92 Å². The average Bonchev–Trinajstić information content (AvgIpc) is 2.98. The molecule has 2 rings (SSSR count). The van der Waals surface area contributed by atoms with Crippen LogP contribution in [-0.2, 0) is 11.3 Å². The molecular formula is C16H22N4O. The zero-order valence-electron chi connectivity index (χ0n) is 12.3. The molecule has 21 heavy (non-hydrogen) atoms. The Bertz CT molecular complexity index is 565. The van der Waals surface area contributed by atoms with E-state index < -0.39 is 0 Å². The van der Waals surface area contributed by atoms with E-state index in [1.54, 1.807) is 6.20 Å². The lowest BCUT2D eigenvalue weighted by Gasteiger charge is -2.12. The molecule has 1 atom stereocenters. The Balaban J connectivity index is 1.96. The van der Waals surface area contributed by atoms with E-state index in [2.05, 4.69) is 10.4 Å². The summed E-state index contributed by atoms with van der Waals surface area (Å²) < 4.78 is 1.85. The van der Waals surface area contributed by atoms with Gasteiger partial charge < -0.3 is 11.1 Å². The molecule has 3 N–H and O–H groups in total. The van der Waals surface area contributed by atoms with Crippen LogP contribution in [-0.4, -0.2) is 22.2 Å². The first-order valence-electron chi connectivity index (χ1n) is 7.26. The van der Waals surface area contributed by atoms with Gasteiger partial charge in [0.2, 0.25) is 5.91 Å². The van der Waals surface area contributed by atoms with Crippen LogP contribution < -0.4 is 11.1 Å². The van der Waals surface area contributed by atoms with Crippen molar-refractivity contribution in [3.63, 3.8) is 0 Å². The van der Waals surface area contributed by atoms with Crippen molar-refractivity contribution in [3.8, 4) is 0 Å². The fraction of sp³-hybridized carbons (Fsp3) is 0.375. The van der Waals surface area contributed by atoms with Crippen LogP contribution in [0.2, 0.25) is 0 Å². The number of amides is 1. The molecule has 0 aliphatic carbocycles. The minimum atomic E-state index is -0.0247. The van der Waals surface area contributed by atoms with Gasteiger partial charge in [0.25, 0.3) is 0 Å². The second kappa shape index (κ2) is 7.59. The van der Waals surface area contributed by atoms with E-state index in [0.717, 1.165) is 24.1 Å². The highest BCUT2D eigenvalue weighted by molar-refractivity contribution is 5.92. The molecule has 0 saturated heterocycles. The third-order valence-electron chi connectivity index (χ3n) is 3.39. The number of carbonyl (C=O) groups excluding carboxylic acids is 1. The van der Waals surface area contributed by atoms with Gasteiger partial charge in [-0.15, -0.1) is 0 Å². The number of anilines is 1. The lowest BCUT2D eigenvalue weighted by atomic mass is 10.0. The molecule has 1 heterocycles. The van der Waals surface area contributed by atoms with Gasteiger partial charge in [0.1, 0.15) is 0 Å².